The summed E-state index contributed by atoms with van der Waals surface area (Å²) in [5.74, 6) is 0. The van der Waals surface area contributed by atoms with E-state index < -0.39 is 8.32 Å². The van der Waals surface area contributed by atoms with Crippen LogP contribution in [0.15, 0.2) is 35.1 Å². The van der Waals surface area contributed by atoms with Crippen molar-refractivity contribution in [3.05, 3.63) is 51.0 Å². The number of nitrogens with one attached hydrogen (secondary N) is 1. The molecule has 148 valence electrons. The van der Waals surface area contributed by atoms with Crippen LogP contribution >= 0.6 is 12.2 Å². The zero-order chi connectivity index (χ0) is 20.2. The first kappa shape index (κ1) is 21.8. The van der Waals surface area contributed by atoms with Crippen LogP contribution in [0.25, 0.3) is 11.3 Å². The van der Waals surface area contributed by atoms with Crippen molar-refractivity contribution in [3.8, 4) is 11.3 Å². The molecule has 0 radical (unpaired) electrons. The molecule has 7 heteroatoms. The molecule has 0 aliphatic carbocycles. The fraction of sp³-hybridized carbons (Fsp3) is 0.500. The molecule has 0 saturated heterocycles. The molecule has 5 nitrogen and oxygen atoms in total. The second-order valence-corrected chi connectivity index (χ2v) is 13.4. The number of benzene rings is 1. The fourth-order valence-corrected chi connectivity index (χ4v) is 3.75. The molecule has 0 aliphatic heterocycles. The van der Waals surface area contributed by atoms with E-state index >= 15 is 0 Å². The molecular formula is C20H30N2O3SSi. The standard InChI is InChI=1S/C20H30N2O3SSi/c1-15-17(16-10-8-7-9-11-16)22(19(26)21-18(15)23)14-24-12-13-25-27(5,6)20(2,3)4/h7-11H,12-14H2,1-6H3,(H,21,23,26). The average Bonchev–Trinajstić information content (AvgIpc) is 2.58. The molecule has 0 bridgehead atoms. The predicted molar refractivity (Wildman–Crippen MR) is 115 cm³/mol. The Bertz CT molecular complexity index is 883. The van der Waals surface area contributed by atoms with E-state index in [1.165, 1.54) is 0 Å². The molecule has 1 N–H and O–H groups in total. The smallest absolute Gasteiger partial charge is 0.255 e. The van der Waals surface area contributed by atoms with Crippen LogP contribution in [0.4, 0.5) is 0 Å². The minimum Gasteiger partial charge on any atom is -0.414 e. The van der Waals surface area contributed by atoms with Gasteiger partial charge in [-0.05, 0) is 42.8 Å². The van der Waals surface area contributed by atoms with Gasteiger partial charge in [-0.15, -0.1) is 0 Å². The van der Waals surface area contributed by atoms with E-state index in [9.17, 15) is 4.79 Å². The Hall–Kier alpha value is -1.54. The van der Waals surface area contributed by atoms with E-state index in [0.717, 1.165) is 11.3 Å². The van der Waals surface area contributed by atoms with Crippen molar-refractivity contribution in [3.63, 3.8) is 0 Å². The summed E-state index contributed by atoms with van der Waals surface area (Å²) in [5, 5.41) is 0.173. The van der Waals surface area contributed by atoms with Gasteiger partial charge in [0.25, 0.3) is 5.56 Å². The highest BCUT2D eigenvalue weighted by Crippen LogP contribution is 2.36. The summed E-state index contributed by atoms with van der Waals surface area (Å²) in [4.78, 5) is 14.9. The molecule has 27 heavy (non-hydrogen) atoms. The van der Waals surface area contributed by atoms with Crippen LogP contribution in [-0.2, 0) is 15.9 Å². The zero-order valence-corrected chi connectivity index (χ0v) is 18.9. The number of aromatic nitrogens is 2. The molecule has 0 amide bonds. The second kappa shape index (κ2) is 8.64. The highest BCUT2D eigenvalue weighted by atomic mass is 32.1. The van der Waals surface area contributed by atoms with Gasteiger partial charge >= 0.3 is 0 Å². The van der Waals surface area contributed by atoms with Gasteiger partial charge in [0.2, 0.25) is 0 Å². The first-order chi connectivity index (χ1) is 12.5. The number of hydrogen-bond acceptors (Lipinski definition) is 4. The molecule has 0 unspecified atom stereocenters. The third kappa shape index (κ3) is 5.25. The Morgan fingerprint density at radius 2 is 1.78 bits per heavy atom. The monoisotopic (exact) mass is 406 g/mol. The SMILES string of the molecule is Cc1c(-c2ccccc2)n(COCCO[Si](C)(C)C(C)(C)C)c(=S)[nH]c1=O. The molecule has 0 saturated carbocycles. The summed E-state index contributed by atoms with van der Waals surface area (Å²) < 4.78 is 14.2. The molecule has 0 spiro atoms. The van der Waals surface area contributed by atoms with Crippen LogP contribution in [0.1, 0.15) is 26.3 Å². The van der Waals surface area contributed by atoms with E-state index in [-0.39, 0.29) is 17.3 Å². The maximum absolute atomic E-state index is 12.2. The normalized spacial score (nSPS) is 12.4. The van der Waals surface area contributed by atoms with Crippen molar-refractivity contribution in [2.75, 3.05) is 13.2 Å². The summed E-state index contributed by atoms with van der Waals surface area (Å²) >= 11 is 5.38. The number of aromatic amines is 1. The van der Waals surface area contributed by atoms with Crippen molar-refractivity contribution < 1.29 is 9.16 Å². The third-order valence-corrected chi connectivity index (χ3v) is 10.1. The van der Waals surface area contributed by atoms with Gasteiger partial charge in [0, 0.05) is 5.56 Å². The summed E-state index contributed by atoms with van der Waals surface area (Å²) in [6.07, 6.45) is 0. The number of H-pyrrole nitrogens is 1. The van der Waals surface area contributed by atoms with E-state index in [0.29, 0.717) is 23.5 Å². The third-order valence-electron chi connectivity index (χ3n) is 5.20. The first-order valence-corrected chi connectivity index (χ1v) is 12.5. The fourth-order valence-electron chi connectivity index (χ4n) is 2.49. The average molecular weight is 407 g/mol. The van der Waals surface area contributed by atoms with Gasteiger partial charge < -0.3 is 9.16 Å². The quantitative estimate of drug-likeness (QED) is 0.405. The lowest BCUT2D eigenvalue weighted by Gasteiger charge is -2.36. The highest BCUT2D eigenvalue weighted by Gasteiger charge is 2.36. The van der Waals surface area contributed by atoms with Crippen molar-refractivity contribution in [2.45, 2.75) is 52.6 Å². The minimum atomic E-state index is -1.78. The van der Waals surface area contributed by atoms with Crippen molar-refractivity contribution in [1.82, 2.24) is 9.55 Å². The largest absolute Gasteiger partial charge is 0.414 e. The maximum atomic E-state index is 12.2. The first-order valence-electron chi connectivity index (χ1n) is 9.15. The number of ether oxygens (including phenoxy) is 1. The summed E-state index contributed by atoms with van der Waals surface area (Å²) in [6, 6.07) is 9.76. The summed E-state index contributed by atoms with van der Waals surface area (Å²) in [5.41, 5.74) is 2.18. The van der Waals surface area contributed by atoms with Crippen molar-refractivity contribution in [2.24, 2.45) is 0 Å². The van der Waals surface area contributed by atoms with Gasteiger partial charge in [-0.3, -0.25) is 14.3 Å². The Morgan fingerprint density at radius 3 is 2.37 bits per heavy atom. The lowest BCUT2D eigenvalue weighted by molar-refractivity contribution is 0.0500. The van der Waals surface area contributed by atoms with Crippen LogP contribution in [0.2, 0.25) is 18.1 Å². The van der Waals surface area contributed by atoms with Crippen LogP contribution in [0, 0.1) is 11.7 Å². The minimum absolute atomic E-state index is 0.170. The van der Waals surface area contributed by atoms with E-state index in [1.54, 1.807) is 6.92 Å². The molecule has 1 aromatic heterocycles. The van der Waals surface area contributed by atoms with Crippen LogP contribution in [0.5, 0.6) is 0 Å². The summed E-state index contributed by atoms with van der Waals surface area (Å²) in [6.45, 7) is 14.2. The molecule has 2 rings (SSSR count). The number of nitrogens with zero attached hydrogens (tertiary/aromatic N) is 1. The van der Waals surface area contributed by atoms with Gasteiger partial charge in [-0.1, -0.05) is 51.1 Å². The van der Waals surface area contributed by atoms with Gasteiger partial charge in [-0.25, -0.2) is 0 Å². The van der Waals surface area contributed by atoms with E-state index in [1.807, 2.05) is 34.9 Å². The Kier molecular flexibility index (Phi) is 6.96. The van der Waals surface area contributed by atoms with Gasteiger partial charge in [0.05, 0.1) is 18.9 Å². The van der Waals surface area contributed by atoms with E-state index in [2.05, 4.69) is 38.8 Å². The number of hydrogen-bond donors (Lipinski definition) is 1. The van der Waals surface area contributed by atoms with E-state index in [4.69, 9.17) is 21.4 Å². The zero-order valence-electron chi connectivity index (χ0n) is 17.1. The lowest BCUT2D eigenvalue weighted by atomic mass is 10.1. The molecule has 0 atom stereocenters. The Balaban J connectivity index is 2.13. The molecule has 2 aromatic rings. The van der Waals surface area contributed by atoms with Crippen LogP contribution in [-0.4, -0.2) is 31.1 Å². The Morgan fingerprint density at radius 1 is 1.15 bits per heavy atom. The molecule has 0 aliphatic rings. The van der Waals surface area contributed by atoms with Crippen molar-refractivity contribution >= 4 is 20.5 Å². The molecular weight excluding hydrogens is 376 g/mol. The van der Waals surface area contributed by atoms with Gasteiger partial charge in [-0.2, -0.15) is 0 Å². The van der Waals surface area contributed by atoms with Crippen LogP contribution < -0.4 is 5.56 Å². The van der Waals surface area contributed by atoms with Crippen molar-refractivity contribution in [1.29, 1.82) is 0 Å². The molecule has 0 fully saturated rings. The summed E-state index contributed by atoms with van der Waals surface area (Å²) in [7, 11) is -1.78. The predicted octanol–water partition coefficient (Wildman–Crippen LogP) is 4.88. The Labute approximate surface area is 167 Å². The lowest BCUT2D eigenvalue weighted by Crippen LogP contribution is -2.41. The van der Waals surface area contributed by atoms with Crippen LogP contribution in [0.3, 0.4) is 0 Å². The molecule has 1 aromatic carbocycles. The second-order valence-electron chi connectivity index (χ2n) is 8.17. The number of rotatable bonds is 7. The van der Waals surface area contributed by atoms with Gasteiger partial charge in [0.1, 0.15) is 6.73 Å². The highest BCUT2D eigenvalue weighted by molar-refractivity contribution is 7.71. The van der Waals surface area contributed by atoms with Gasteiger partial charge in [0.15, 0.2) is 13.1 Å². The maximum Gasteiger partial charge on any atom is 0.255 e. The topological polar surface area (TPSA) is 56.2 Å². The molecule has 1 heterocycles.